The maximum atomic E-state index is 15.1. The summed E-state index contributed by atoms with van der Waals surface area (Å²) < 4.78 is 17.0. The fraction of sp³-hybridized carbons (Fsp3) is 0.294. The highest BCUT2D eigenvalue weighted by Crippen LogP contribution is 2.39. The fourth-order valence-corrected chi connectivity index (χ4v) is 6.11. The Morgan fingerprint density at radius 3 is 2.52 bits per heavy atom. The minimum Gasteiger partial charge on any atom is -0.477 e. The van der Waals surface area contributed by atoms with Gasteiger partial charge < -0.3 is 30.3 Å². The number of halogens is 2. The number of pyridine rings is 1. The molecule has 1 aliphatic carbocycles. The number of aromatic carboxylic acids is 1. The van der Waals surface area contributed by atoms with E-state index < -0.39 is 29.4 Å². The molecular weight excluding hydrogens is 613 g/mol. The number of aromatic nitrogens is 1. The van der Waals surface area contributed by atoms with Gasteiger partial charge in [0.15, 0.2) is 0 Å². The van der Waals surface area contributed by atoms with Crippen LogP contribution in [0.1, 0.15) is 52.9 Å². The summed E-state index contributed by atoms with van der Waals surface area (Å²) in [6, 6.07) is 16.6. The molecule has 0 bridgehead atoms. The van der Waals surface area contributed by atoms with E-state index in [1.165, 1.54) is 6.20 Å². The zero-order valence-corrected chi connectivity index (χ0v) is 26.0. The van der Waals surface area contributed by atoms with Crippen LogP contribution in [0.15, 0.2) is 70.6 Å². The van der Waals surface area contributed by atoms with Crippen molar-refractivity contribution in [1.82, 2.24) is 9.88 Å². The van der Waals surface area contributed by atoms with E-state index >= 15 is 4.39 Å². The lowest BCUT2D eigenvalue weighted by Gasteiger charge is -2.34. The van der Waals surface area contributed by atoms with Crippen molar-refractivity contribution in [3.63, 3.8) is 0 Å². The number of carboxylic acid groups (broad SMARTS) is 1. The molecule has 1 saturated heterocycles. The number of aryl methyl sites for hydroxylation is 1. The number of nitrogens with one attached hydrogen (secondary N) is 2. The van der Waals surface area contributed by atoms with E-state index in [1.807, 2.05) is 39.8 Å². The third-order valence-corrected chi connectivity index (χ3v) is 8.62. The van der Waals surface area contributed by atoms with Crippen molar-refractivity contribution in [3.8, 4) is 0 Å². The summed E-state index contributed by atoms with van der Waals surface area (Å²) in [6.07, 6.45) is 1.86. The van der Waals surface area contributed by atoms with Crippen LogP contribution in [0.2, 0.25) is 5.02 Å². The number of aliphatic hydroxyl groups is 1. The number of hydrogen-bond donors (Lipinski definition) is 4. The number of piperazine rings is 1. The van der Waals surface area contributed by atoms with Gasteiger partial charge in [-0.25, -0.2) is 14.2 Å². The van der Waals surface area contributed by atoms with Crippen LogP contribution in [0.5, 0.6) is 0 Å². The van der Waals surface area contributed by atoms with E-state index in [1.54, 1.807) is 31.2 Å². The molecule has 4 aromatic rings. The normalized spacial score (nSPS) is 19.4. The van der Waals surface area contributed by atoms with Crippen molar-refractivity contribution >= 4 is 51.5 Å². The number of aliphatic imine (C=N–C) groups is 1. The second-order valence-electron chi connectivity index (χ2n) is 11.7. The zero-order chi connectivity index (χ0) is 32.7. The standard InChI is InChI=1S/C19H22FN3O3.C15H11ClN2O2/c1-10-8-22(6-5-21-10)15-7-14-16(11(2)17(15)20)18(24)13(19(25)26)9-23(14)12-3-4-12;16-10-6-7-12-11(8-10)13(9-4-2-1-3-5-9)18-15(20)14(19)17-12/h7,9-10,12,21H,3-6,8H2,1-2H3,(H,25,26);1-8,15,20H,(H,17,19). The van der Waals surface area contributed by atoms with Gasteiger partial charge in [-0.15, -0.1) is 0 Å². The Morgan fingerprint density at radius 1 is 1.11 bits per heavy atom. The summed E-state index contributed by atoms with van der Waals surface area (Å²) in [4.78, 5) is 42.0. The zero-order valence-electron chi connectivity index (χ0n) is 25.3. The van der Waals surface area contributed by atoms with E-state index in [0.717, 1.165) is 24.9 Å². The van der Waals surface area contributed by atoms with Gasteiger partial charge in [-0.05, 0) is 51.0 Å². The van der Waals surface area contributed by atoms with Crippen LogP contribution in [0.4, 0.5) is 15.8 Å². The summed E-state index contributed by atoms with van der Waals surface area (Å²) in [6.45, 7) is 5.76. The van der Waals surface area contributed by atoms with Crippen LogP contribution in [0.3, 0.4) is 0 Å². The number of benzodiazepines with no additional fused rings is 1. The van der Waals surface area contributed by atoms with Gasteiger partial charge in [-0.3, -0.25) is 9.59 Å². The van der Waals surface area contributed by atoms with Gasteiger partial charge in [-0.2, -0.15) is 0 Å². The van der Waals surface area contributed by atoms with Crippen LogP contribution in [0, 0.1) is 12.7 Å². The summed E-state index contributed by atoms with van der Waals surface area (Å²) in [5, 5.41) is 25.9. The van der Waals surface area contributed by atoms with Crippen LogP contribution >= 0.6 is 11.6 Å². The Bertz CT molecular complexity index is 1940. The molecule has 3 aromatic carbocycles. The Kier molecular flexibility index (Phi) is 8.65. The van der Waals surface area contributed by atoms with Crippen LogP contribution in [-0.2, 0) is 4.79 Å². The van der Waals surface area contributed by atoms with Crippen molar-refractivity contribution < 1.29 is 24.2 Å². The number of anilines is 2. The second kappa shape index (κ2) is 12.7. The largest absolute Gasteiger partial charge is 0.477 e. The highest BCUT2D eigenvalue weighted by Gasteiger charge is 2.30. The number of rotatable bonds is 4. The second-order valence-corrected chi connectivity index (χ2v) is 12.2. The van der Waals surface area contributed by atoms with Crippen LogP contribution < -0.4 is 21.0 Å². The SMILES string of the molecule is Cc1c(F)c(N2CCNC(C)C2)cc2c1c(=O)c(C(=O)O)cn2C1CC1.O=C1Nc2ccc(Cl)cc2C(c2ccccc2)=NC1O. The fourth-order valence-electron chi connectivity index (χ4n) is 5.93. The molecule has 10 nitrogen and oxygen atoms in total. The molecule has 2 fully saturated rings. The quantitative estimate of drug-likeness (QED) is 0.252. The summed E-state index contributed by atoms with van der Waals surface area (Å²) in [5.74, 6) is -2.26. The van der Waals surface area contributed by atoms with E-state index in [9.17, 15) is 24.6 Å². The van der Waals surface area contributed by atoms with Gasteiger partial charge in [0.1, 0.15) is 11.4 Å². The van der Waals surface area contributed by atoms with Gasteiger partial charge in [0.25, 0.3) is 5.91 Å². The van der Waals surface area contributed by atoms with Gasteiger partial charge in [0.05, 0.1) is 28.0 Å². The first kappa shape index (κ1) is 31.4. The van der Waals surface area contributed by atoms with E-state index in [4.69, 9.17) is 11.6 Å². The lowest BCUT2D eigenvalue weighted by Crippen LogP contribution is -2.49. The van der Waals surface area contributed by atoms with E-state index in [0.29, 0.717) is 46.3 Å². The van der Waals surface area contributed by atoms with Gasteiger partial charge in [0, 0.05) is 59.6 Å². The molecule has 0 radical (unpaired) electrons. The third-order valence-electron chi connectivity index (χ3n) is 8.38. The van der Waals surface area contributed by atoms with Crippen LogP contribution in [-0.4, -0.2) is 64.3 Å². The average Bonchev–Trinajstić information content (AvgIpc) is 3.89. The molecule has 238 valence electrons. The topological polar surface area (TPSA) is 136 Å². The molecule has 2 aliphatic heterocycles. The first-order chi connectivity index (χ1) is 22.0. The van der Waals surface area contributed by atoms with E-state index in [2.05, 4.69) is 22.5 Å². The molecule has 7 rings (SSSR count). The van der Waals surface area contributed by atoms with E-state index in [-0.39, 0.29) is 28.6 Å². The Labute approximate surface area is 269 Å². The maximum Gasteiger partial charge on any atom is 0.341 e. The Hall–Kier alpha value is -4.58. The number of aliphatic hydroxyl groups excluding tert-OH is 1. The number of carboxylic acids is 1. The summed E-state index contributed by atoms with van der Waals surface area (Å²) >= 11 is 6.03. The highest BCUT2D eigenvalue weighted by molar-refractivity contribution is 6.32. The number of benzene rings is 3. The highest BCUT2D eigenvalue weighted by atomic mass is 35.5. The minimum absolute atomic E-state index is 0.177. The van der Waals surface area contributed by atoms with Crippen molar-refractivity contribution in [2.45, 2.75) is 45.0 Å². The first-order valence-electron chi connectivity index (χ1n) is 15.0. The molecule has 0 spiro atoms. The van der Waals surface area contributed by atoms with Gasteiger partial charge in [0.2, 0.25) is 11.7 Å². The molecule has 3 aliphatic rings. The first-order valence-corrected chi connectivity index (χ1v) is 15.4. The summed E-state index contributed by atoms with van der Waals surface area (Å²) in [7, 11) is 0. The van der Waals surface area contributed by atoms with Crippen LogP contribution in [0.25, 0.3) is 10.9 Å². The monoisotopic (exact) mass is 645 g/mol. The van der Waals surface area contributed by atoms with Crippen molar-refractivity contribution in [2.75, 3.05) is 29.9 Å². The molecular formula is C34H33ClFN5O5. The molecule has 4 N–H and O–H groups in total. The smallest absolute Gasteiger partial charge is 0.341 e. The molecule has 3 heterocycles. The van der Waals surface area contributed by atoms with Crippen molar-refractivity contribution in [2.24, 2.45) is 4.99 Å². The van der Waals surface area contributed by atoms with Gasteiger partial charge >= 0.3 is 5.97 Å². The number of carbonyl (C=O) groups excluding carboxylic acids is 1. The lowest BCUT2D eigenvalue weighted by molar-refractivity contribution is -0.123. The Morgan fingerprint density at radius 2 is 1.85 bits per heavy atom. The molecule has 1 saturated carbocycles. The molecule has 46 heavy (non-hydrogen) atoms. The number of nitrogens with zero attached hydrogens (tertiary/aromatic N) is 3. The third kappa shape index (κ3) is 6.13. The average molecular weight is 646 g/mol. The van der Waals surface area contributed by atoms with Crippen molar-refractivity contribution in [3.05, 3.63) is 104 Å². The Balaban J connectivity index is 0.000000167. The lowest BCUT2D eigenvalue weighted by atomic mass is 10.0. The maximum absolute atomic E-state index is 15.1. The van der Waals surface area contributed by atoms with Crippen molar-refractivity contribution in [1.29, 1.82) is 0 Å². The van der Waals surface area contributed by atoms with Gasteiger partial charge in [-0.1, -0.05) is 41.9 Å². The molecule has 2 atom stereocenters. The molecule has 2 unspecified atom stereocenters. The number of amides is 1. The molecule has 12 heteroatoms. The predicted octanol–water partition coefficient (Wildman–Crippen LogP) is 4.73. The molecule has 1 aromatic heterocycles. The number of hydrogen-bond acceptors (Lipinski definition) is 7. The number of carbonyl (C=O) groups is 2. The number of fused-ring (bicyclic) bond motifs is 2. The summed E-state index contributed by atoms with van der Waals surface area (Å²) in [5.41, 5.74) is 3.05. The molecule has 1 amide bonds. The minimum atomic E-state index is -1.43. The predicted molar refractivity (Wildman–Crippen MR) is 176 cm³/mol.